The number of benzene rings is 1. The van der Waals surface area contributed by atoms with Crippen molar-refractivity contribution in [2.45, 2.75) is 51.9 Å². The fraction of sp³-hybridized carbons (Fsp3) is 0.444. The van der Waals surface area contributed by atoms with Gasteiger partial charge in [-0.05, 0) is 24.1 Å². The molecule has 0 bridgehead atoms. The number of hydrogen-bond donors (Lipinski definition) is 1. The van der Waals surface area contributed by atoms with Crippen molar-refractivity contribution in [3.05, 3.63) is 28.9 Å². The zero-order chi connectivity index (χ0) is 16.7. The minimum absolute atomic E-state index is 0.223. The van der Waals surface area contributed by atoms with E-state index in [1.54, 1.807) is 18.3 Å². The van der Waals surface area contributed by atoms with Crippen LogP contribution in [0.2, 0.25) is 5.02 Å². The van der Waals surface area contributed by atoms with Crippen molar-refractivity contribution < 1.29 is 9.53 Å². The van der Waals surface area contributed by atoms with Crippen LogP contribution in [-0.4, -0.2) is 11.0 Å². The molecule has 23 heavy (non-hydrogen) atoms. The van der Waals surface area contributed by atoms with Gasteiger partial charge in [0.25, 0.3) is 0 Å². The zero-order valence-corrected chi connectivity index (χ0v) is 14.1. The highest BCUT2D eigenvalue weighted by Gasteiger charge is 2.12. The topological polar surface area (TPSA) is 65.9 Å². The molecule has 0 radical (unpaired) electrons. The summed E-state index contributed by atoms with van der Waals surface area (Å²) in [6.07, 6.45) is 7.78. The lowest BCUT2D eigenvalue weighted by Gasteiger charge is -2.05. The largest absolute Gasteiger partial charge is 0.424 e. The van der Waals surface area contributed by atoms with E-state index in [9.17, 15) is 4.79 Å². The second-order valence-corrected chi connectivity index (χ2v) is 6.02. The van der Waals surface area contributed by atoms with Gasteiger partial charge in [0.2, 0.25) is 0 Å². The lowest BCUT2D eigenvalue weighted by molar-refractivity contribution is -0.134. The molecule has 0 saturated heterocycles. The van der Waals surface area contributed by atoms with E-state index in [-0.39, 0.29) is 12.4 Å². The van der Waals surface area contributed by atoms with Gasteiger partial charge in [-0.15, -0.1) is 0 Å². The number of H-pyrrole nitrogens is 1. The van der Waals surface area contributed by atoms with Gasteiger partial charge in [-0.25, -0.2) is 0 Å². The first-order chi connectivity index (χ1) is 11.2. The predicted molar refractivity (Wildman–Crippen MR) is 91.6 cm³/mol. The third-order valence-corrected chi connectivity index (χ3v) is 4.14. The van der Waals surface area contributed by atoms with Crippen LogP contribution in [0.25, 0.3) is 10.9 Å². The number of esters is 1. The number of hydrogen-bond acceptors (Lipinski definition) is 3. The number of rotatable bonds is 8. The van der Waals surface area contributed by atoms with E-state index in [2.05, 4.69) is 18.0 Å². The Bertz CT molecular complexity index is 716. The summed E-state index contributed by atoms with van der Waals surface area (Å²) in [6, 6.07) is 5.65. The number of carbonyl (C=O) groups is 1. The van der Waals surface area contributed by atoms with Gasteiger partial charge in [0.15, 0.2) is 5.75 Å². The van der Waals surface area contributed by atoms with Gasteiger partial charge in [-0.3, -0.25) is 4.79 Å². The molecular formula is C18H21ClN2O2. The Morgan fingerprint density at radius 3 is 2.83 bits per heavy atom. The molecule has 0 aliphatic heterocycles. The predicted octanol–water partition coefficient (Wildman–Crippen LogP) is 5.15. The lowest BCUT2D eigenvalue weighted by atomic mass is 10.1. The van der Waals surface area contributed by atoms with E-state index in [4.69, 9.17) is 21.6 Å². The number of fused-ring (bicyclic) bond motifs is 1. The highest BCUT2D eigenvalue weighted by molar-refractivity contribution is 6.32. The van der Waals surface area contributed by atoms with Crippen molar-refractivity contribution in [2.24, 2.45) is 0 Å². The van der Waals surface area contributed by atoms with Crippen molar-refractivity contribution in [1.29, 1.82) is 5.26 Å². The van der Waals surface area contributed by atoms with Crippen molar-refractivity contribution in [3.8, 4) is 11.8 Å². The number of unbranched alkanes of at least 4 members (excludes halogenated alkanes) is 4. The molecule has 0 aliphatic carbocycles. The molecule has 2 aromatic rings. The molecule has 0 fully saturated rings. The summed E-state index contributed by atoms with van der Waals surface area (Å²) < 4.78 is 5.45. The smallest absolute Gasteiger partial charge is 0.311 e. The molecule has 2 rings (SSSR count). The summed E-state index contributed by atoms with van der Waals surface area (Å²) in [7, 11) is 0. The Labute approximate surface area is 141 Å². The fourth-order valence-electron chi connectivity index (χ4n) is 2.51. The molecule has 0 amide bonds. The number of aromatic amines is 1. The van der Waals surface area contributed by atoms with Gasteiger partial charge in [0.05, 0.1) is 18.0 Å². The molecule has 122 valence electrons. The minimum Gasteiger partial charge on any atom is -0.424 e. The van der Waals surface area contributed by atoms with Crippen LogP contribution in [-0.2, 0) is 11.2 Å². The van der Waals surface area contributed by atoms with Crippen LogP contribution >= 0.6 is 11.6 Å². The monoisotopic (exact) mass is 332 g/mol. The Kier molecular flexibility index (Phi) is 6.49. The molecule has 0 unspecified atom stereocenters. The summed E-state index contributed by atoms with van der Waals surface area (Å²) in [5, 5.41) is 10.2. The van der Waals surface area contributed by atoms with E-state index in [0.717, 1.165) is 35.7 Å². The van der Waals surface area contributed by atoms with Crippen molar-refractivity contribution >= 4 is 28.5 Å². The van der Waals surface area contributed by atoms with Crippen molar-refractivity contribution in [2.75, 3.05) is 0 Å². The SMILES string of the molecule is CCCCCCCC(=O)Oc1c[nH]c2cc(Cl)c(CC#N)cc12. The van der Waals surface area contributed by atoms with E-state index in [0.29, 0.717) is 17.2 Å². The van der Waals surface area contributed by atoms with E-state index < -0.39 is 0 Å². The maximum absolute atomic E-state index is 11.9. The van der Waals surface area contributed by atoms with Crippen LogP contribution in [0.3, 0.4) is 0 Å². The molecule has 1 aromatic carbocycles. The molecular weight excluding hydrogens is 312 g/mol. The van der Waals surface area contributed by atoms with E-state index in [1.165, 1.54) is 12.8 Å². The summed E-state index contributed by atoms with van der Waals surface area (Å²) in [6.45, 7) is 2.16. The Morgan fingerprint density at radius 2 is 2.09 bits per heavy atom. The van der Waals surface area contributed by atoms with Crippen LogP contribution in [0, 0.1) is 11.3 Å². The third kappa shape index (κ3) is 4.74. The van der Waals surface area contributed by atoms with Gasteiger partial charge in [0, 0.05) is 23.0 Å². The Hall–Kier alpha value is -1.99. The number of nitrogens with zero attached hydrogens (tertiary/aromatic N) is 1. The summed E-state index contributed by atoms with van der Waals surface area (Å²) in [4.78, 5) is 15.0. The van der Waals surface area contributed by atoms with Crippen LogP contribution in [0.4, 0.5) is 0 Å². The standard InChI is InChI=1S/C18H21ClN2O2/c1-2-3-4-5-6-7-18(22)23-17-12-21-16-11-15(19)13(8-9-20)10-14(16)17/h10-12,21H,2-8H2,1H3. The summed E-state index contributed by atoms with van der Waals surface area (Å²) >= 11 is 6.13. The molecule has 4 nitrogen and oxygen atoms in total. The second-order valence-electron chi connectivity index (χ2n) is 5.62. The van der Waals surface area contributed by atoms with Crippen LogP contribution in [0.15, 0.2) is 18.3 Å². The van der Waals surface area contributed by atoms with Crippen molar-refractivity contribution in [1.82, 2.24) is 4.98 Å². The lowest BCUT2D eigenvalue weighted by Crippen LogP contribution is -2.07. The molecule has 1 heterocycles. The van der Waals surface area contributed by atoms with Crippen LogP contribution in [0.1, 0.15) is 51.0 Å². The van der Waals surface area contributed by atoms with Gasteiger partial charge in [-0.1, -0.05) is 44.2 Å². The number of carbonyl (C=O) groups excluding carboxylic acids is 1. The normalized spacial score (nSPS) is 10.7. The molecule has 0 atom stereocenters. The average molecular weight is 333 g/mol. The van der Waals surface area contributed by atoms with Gasteiger partial charge in [-0.2, -0.15) is 5.26 Å². The highest BCUT2D eigenvalue weighted by Crippen LogP contribution is 2.31. The highest BCUT2D eigenvalue weighted by atomic mass is 35.5. The maximum Gasteiger partial charge on any atom is 0.311 e. The minimum atomic E-state index is -0.223. The first-order valence-electron chi connectivity index (χ1n) is 8.02. The number of ether oxygens (including phenoxy) is 1. The first-order valence-corrected chi connectivity index (χ1v) is 8.40. The fourth-order valence-corrected chi connectivity index (χ4v) is 2.74. The quantitative estimate of drug-likeness (QED) is 0.536. The summed E-state index contributed by atoms with van der Waals surface area (Å²) in [5.74, 6) is 0.272. The van der Waals surface area contributed by atoms with Crippen LogP contribution < -0.4 is 4.74 Å². The molecule has 1 N–H and O–H groups in total. The summed E-state index contributed by atoms with van der Waals surface area (Å²) in [5.41, 5.74) is 1.53. The zero-order valence-electron chi connectivity index (χ0n) is 13.3. The molecule has 0 spiro atoms. The van der Waals surface area contributed by atoms with E-state index >= 15 is 0 Å². The van der Waals surface area contributed by atoms with Gasteiger partial charge >= 0.3 is 5.97 Å². The Balaban J connectivity index is 2.01. The third-order valence-electron chi connectivity index (χ3n) is 3.79. The average Bonchev–Trinajstić information content (AvgIpc) is 2.89. The molecule has 0 aliphatic rings. The van der Waals surface area contributed by atoms with Crippen LogP contribution in [0.5, 0.6) is 5.75 Å². The molecule has 1 aromatic heterocycles. The number of aromatic nitrogens is 1. The number of nitrogens with one attached hydrogen (secondary N) is 1. The first kappa shape index (κ1) is 17.4. The second kappa shape index (κ2) is 8.59. The van der Waals surface area contributed by atoms with Gasteiger partial charge in [0.1, 0.15) is 0 Å². The van der Waals surface area contributed by atoms with Gasteiger partial charge < -0.3 is 9.72 Å². The number of halogens is 1. The van der Waals surface area contributed by atoms with E-state index in [1.807, 2.05) is 0 Å². The Morgan fingerprint density at radius 1 is 1.30 bits per heavy atom. The number of nitriles is 1. The maximum atomic E-state index is 11.9. The molecule has 5 heteroatoms. The van der Waals surface area contributed by atoms with Crippen molar-refractivity contribution in [3.63, 3.8) is 0 Å². The molecule has 0 saturated carbocycles.